The summed E-state index contributed by atoms with van der Waals surface area (Å²) in [4.78, 5) is 8.63. The highest BCUT2D eigenvalue weighted by molar-refractivity contribution is 5.25. The maximum atomic E-state index is 5.63. The van der Waals surface area contributed by atoms with E-state index in [1.807, 2.05) is 19.9 Å². The van der Waals surface area contributed by atoms with Crippen molar-refractivity contribution in [2.24, 2.45) is 5.73 Å². The summed E-state index contributed by atoms with van der Waals surface area (Å²) < 4.78 is 5.53. The van der Waals surface area contributed by atoms with Crippen LogP contribution in [0.1, 0.15) is 37.7 Å². The molecule has 1 aromatic rings. The number of nitrogens with zero attached hydrogens (tertiary/aromatic N) is 2. The molecule has 0 aliphatic rings. The lowest BCUT2D eigenvalue weighted by Crippen LogP contribution is -2.09. The first kappa shape index (κ1) is 12.6. The second-order valence-corrected chi connectivity index (χ2v) is 3.82. The van der Waals surface area contributed by atoms with Crippen molar-refractivity contribution >= 4 is 0 Å². The van der Waals surface area contributed by atoms with Crippen molar-refractivity contribution in [2.45, 2.75) is 32.7 Å². The molecule has 2 N–H and O–H groups in total. The summed E-state index contributed by atoms with van der Waals surface area (Å²) in [7, 11) is 0. The van der Waals surface area contributed by atoms with E-state index in [0.717, 1.165) is 17.9 Å². The van der Waals surface area contributed by atoms with Gasteiger partial charge in [-0.15, -0.1) is 6.58 Å². The Labute approximate surface area is 96.6 Å². The van der Waals surface area contributed by atoms with E-state index in [2.05, 4.69) is 16.5 Å². The number of hydrogen-bond acceptors (Lipinski definition) is 4. The zero-order valence-electron chi connectivity index (χ0n) is 9.94. The molecule has 0 aliphatic heterocycles. The van der Waals surface area contributed by atoms with Crippen molar-refractivity contribution in [2.75, 3.05) is 6.61 Å². The molecule has 0 spiro atoms. The molecule has 16 heavy (non-hydrogen) atoms. The predicted molar refractivity (Wildman–Crippen MR) is 64.3 cm³/mol. The normalized spacial score (nSPS) is 10.5. The van der Waals surface area contributed by atoms with E-state index in [0.29, 0.717) is 24.8 Å². The molecule has 0 radical (unpaired) electrons. The molecule has 0 atom stereocenters. The zero-order chi connectivity index (χ0) is 12.0. The first-order valence-electron chi connectivity index (χ1n) is 5.48. The summed E-state index contributed by atoms with van der Waals surface area (Å²) in [5, 5.41) is 0. The minimum Gasteiger partial charge on any atom is -0.490 e. The molecule has 0 saturated carbocycles. The van der Waals surface area contributed by atoms with E-state index in [1.54, 1.807) is 6.20 Å². The van der Waals surface area contributed by atoms with Gasteiger partial charge in [-0.25, -0.2) is 9.97 Å². The van der Waals surface area contributed by atoms with Crippen LogP contribution in [0.4, 0.5) is 0 Å². The van der Waals surface area contributed by atoms with E-state index in [-0.39, 0.29) is 0 Å². The predicted octanol–water partition coefficient (Wildman–Crippen LogP) is 2.01. The highest BCUT2D eigenvalue weighted by atomic mass is 16.5. The van der Waals surface area contributed by atoms with Gasteiger partial charge in [0, 0.05) is 12.5 Å². The number of aromatic nitrogens is 2. The Balaban J connectivity index is 2.80. The lowest BCUT2D eigenvalue weighted by atomic mass is 10.2. The second kappa shape index (κ2) is 6.23. The van der Waals surface area contributed by atoms with Gasteiger partial charge in [0.25, 0.3) is 0 Å². The maximum Gasteiger partial charge on any atom is 0.160 e. The lowest BCUT2D eigenvalue weighted by molar-refractivity contribution is 0.317. The first-order chi connectivity index (χ1) is 7.69. The molecule has 0 bridgehead atoms. The van der Waals surface area contributed by atoms with E-state index >= 15 is 0 Å². The Kier molecular flexibility index (Phi) is 4.92. The molecule has 1 rings (SSSR count). The third-order valence-corrected chi connectivity index (χ3v) is 2.14. The molecular weight excluding hydrogens is 202 g/mol. The summed E-state index contributed by atoms with van der Waals surface area (Å²) in [6.45, 7) is 8.69. The Morgan fingerprint density at radius 2 is 2.31 bits per heavy atom. The minimum absolute atomic E-state index is 0.299. The molecule has 4 heteroatoms. The van der Waals surface area contributed by atoms with Gasteiger partial charge in [0.15, 0.2) is 5.75 Å². The van der Waals surface area contributed by atoms with Crippen molar-refractivity contribution < 1.29 is 4.74 Å². The van der Waals surface area contributed by atoms with Crippen LogP contribution in [0.2, 0.25) is 0 Å². The van der Waals surface area contributed by atoms with Crippen LogP contribution in [0.15, 0.2) is 18.9 Å². The van der Waals surface area contributed by atoms with Crippen molar-refractivity contribution in [3.63, 3.8) is 0 Å². The number of nitrogens with two attached hydrogens (primary N) is 1. The first-order valence-corrected chi connectivity index (χ1v) is 5.48. The van der Waals surface area contributed by atoms with Gasteiger partial charge in [-0.3, -0.25) is 0 Å². The van der Waals surface area contributed by atoms with Crippen molar-refractivity contribution in [1.29, 1.82) is 0 Å². The molecule has 4 nitrogen and oxygen atoms in total. The number of rotatable bonds is 6. The van der Waals surface area contributed by atoms with Gasteiger partial charge in [0.05, 0.1) is 18.5 Å². The number of ether oxygens (including phenoxy) is 1. The van der Waals surface area contributed by atoms with E-state index < -0.39 is 0 Å². The standard InChI is InChI=1S/C12H19N3O/c1-4-5-6-16-11-8-14-12(9(2)3)15-10(11)7-13/h4,8-9H,1,5-7,13H2,2-3H3. The Morgan fingerprint density at radius 3 is 2.88 bits per heavy atom. The fourth-order valence-electron chi connectivity index (χ4n) is 1.22. The smallest absolute Gasteiger partial charge is 0.160 e. The van der Waals surface area contributed by atoms with Gasteiger partial charge in [-0.1, -0.05) is 19.9 Å². The number of hydrogen-bond donors (Lipinski definition) is 1. The van der Waals surface area contributed by atoms with Crippen molar-refractivity contribution in [3.05, 3.63) is 30.4 Å². The summed E-state index contributed by atoms with van der Waals surface area (Å²) in [6.07, 6.45) is 4.31. The topological polar surface area (TPSA) is 61.0 Å². The van der Waals surface area contributed by atoms with Crippen LogP contribution in [0.5, 0.6) is 5.75 Å². The van der Waals surface area contributed by atoms with Crippen LogP contribution in [-0.4, -0.2) is 16.6 Å². The molecule has 0 fully saturated rings. The average molecular weight is 221 g/mol. The van der Waals surface area contributed by atoms with E-state index in [4.69, 9.17) is 10.5 Å². The summed E-state index contributed by atoms with van der Waals surface area (Å²) in [5.41, 5.74) is 6.40. The van der Waals surface area contributed by atoms with E-state index in [1.165, 1.54) is 0 Å². The Hall–Kier alpha value is -1.42. The molecule has 1 aromatic heterocycles. The second-order valence-electron chi connectivity index (χ2n) is 3.82. The summed E-state index contributed by atoms with van der Waals surface area (Å²) >= 11 is 0. The van der Waals surface area contributed by atoms with Crippen LogP contribution in [0.3, 0.4) is 0 Å². The zero-order valence-corrected chi connectivity index (χ0v) is 9.94. The van der Waals surface area contributed by atoms with E-state index in [9.17, 15) is 0 Å². The molecule has 0 unspecified atom stereocenters. The molecule has 88 valence electrons. The minimum atomic E-state index is 0.299. The molecule has 0 saturated heterocycles. The summed E-state index contributed by atoms with van der Waals surface area (Å²) in [5.74, 6) is 1.78. The van der Waals surface area contributed by atoms with Gasteiger partial charge < -0.3 is 10.5 Å². The average Bonchev–Trinajstić information content (AvgIpc) is 2.29. The van der Waals surface area contributed by atoms with Crippen LogP contribution in [-0.2, 0) is 6.54 Å². The van der Waals surface area contributed by atoms with Gasteiger partial charge in [-0.2, -0.15) is 0 Å². The van der Waals surface area contributed by atoms with Gasteiger partial charge >= 0.3 is 0 Å². The fraction of sp³-hybridized carbons (Fsp3) is 0.500. The third kappa shape index (κ3) is 3.31. The molecule has 0 amide bonds. The monoisotopic (exact) mass is 221 g/mol. The van der Waals surface area contributed by atoms with Crippen LogP contribution >= 0.6 is 0 Å². The van der Waals surface area contributed by atoms with Crippen molar-refractivity contribution in [1.82, 2.24) is 9.97 Å². The lowest BCUT2D eigenvalue weighted by Gasteiger charge is -2.11. The van der Waals surface area contributed by atoms with Crippen LogP contribution in [0.25, 0.3) is 0 Å². The summed E-state index contributed by atoms with van der Waals surface area (Å²) in [6, 6.07) is 0. The quantitative estimate of drug-likeness (QED) is 0.589. The van der Waals surface area contributed by atoms with Crippen LogP contribution in [0, 0.1) is 0 Å². The van der Waals surface area contributed by atoms with Crippen molar-refractivity contribution in [3.8, 4) is 5.75 Å². The fourth-order valence-corrected chi connectivity index (χ4v) is 1.22. The molecule has 0 aliphatic carbocycles. The van der Waals surface area contributed by atoms with Crippen LogP contribution < -0.4 is 10.5 Å². The van der Waals surface area contributed by atoms with Gasteiger partial charge in [0.2, 0.25) is 0 Å². The largest absolute Gasteiger partial charge is 0.490 e. The maximum absolute atomic E-state index is 5.63. The SMILES string of the molecule is C=CCCOc1cnc(C(C)C)nc1CN. The molecular formula is C12H19N3O. The Bertz CT molecular complexity index is 350. The molecule has 0 aromatic carbocycles. The highest BCUT2D eigenvalue weighted by Crippen LogP contribution is 2.18. The third-order valence-electron chi connectivity index (χ3n) is 2.14. The van der Waals surface area contributed by atoms with Gasteiger partial charge in [0.1, 0.15) is 5.82 Å². The Morgan fingerprint density at radius 1 is 1.56 bits per heavy atom. The highest BCUT2D eigenvalue weighted by Gasteiger charge is 2.09. The van der Waals surface area contributed by atoms with Gasteiger partial charge in [-0.05, 0) is 6.42 Å². The molecule has 1 heterocycles.